The molecule has 0 amide bonds. The van der Waals surface area contributed by atoms with Gasteiger partial charge in [-0.3, -0.25) is 0 Å². The van der Waals surface area contributed by atoms with Crippen molar-refractivity contribution in [2.24, 2.45) is 21.7 Å². The van der Waals surface area contributed by atoms with Gasteiger partial charge in [0.05, 0.1) is 0 Å². The molecule has 0 heterocycles. The van der Waals surface area contributed by atoms with Crippen LogP contribution in [0.4, 0.5) is 0 Å². The van der Waals surface area contributed by atoms with E-state index in [1.54, 1.807) is 0 Å². The van der Waals surface area contributed by atoms with Gasteiger partial charge in [0.2, 0.25) is 0 Å². The van der Waals surface area contributed by atoms with Gasteiger partial charge >= 0.3 is 0 Å². The Labute approximate surface area is 103 Å². The summed E-state index contributed by atoms with van der Waals surface area (Å²) in [4.78, 5) is 0. The van der Waals surface area contributed by atoms with Crippen molar-refractivity contribution in [3.63, 3.8) is 0 Å². The third-order valence-corrected chi connectivity index (χ3v) is 5.32. The molecule has 1 rings (SSSR count). The summed E-state index contributed by atoms with van der Waals surface area (Å²) in [6, 6.07) is 0. The molecule has 0 bridgehead atoms. The lowest BCUT2D eigenvalue weighted by Gasteiger charge is -2.64. The van der Waals surface area contributed by atoms with Gasteiger partial charge in [-0.1, -0.05) is 68.2 Å². The van der Waals surface area contributed by atoms with E-state index < -0.39 is 0 Å². The van der Waals surface area contributed by atoms with Crippen LogP contribution in [-0.2, 0) is 0 Å². The first-order valence-electron chi connectivity index (χ1n) is 6.96. The molecule has 16 heavy (non-hydrogen) atoms. The molecule has 0 spiro atoms. The number of hydrogen-bond donors (Lipinski definition) is 0. The van der Waals surface area contributed by atoms with Gasteiger partial charge in [0.25, 0.3) is 0 Å². The van der Waals surface area contributed by atoms with Crippen molar-refractivity contribution in [1.82, 2.24) is 0 Å². The first-order valence-corrected chi connectivity index (χ1v) is 6.96. The first kappa shape index (κ1) is 14.1. The van der Waals surface area contributed by atoms with E-state index in [9.17, 15) is 0 Å². The third-order valence-electron chi connectivity index (χ3n) is 5.32. The van der Waals surface area contributed by atoms with Crippen LogP contribution in [0.2, 0.25) is 0 Å². The molecule has 0 saturated heterocycles. The van der Waals surface area contributed by atoms with E-state index >= 15 is 0 Å². The largest absolute Gasteiger partial charge is 0.0596 e. The van der Waals surface area contributed by atoms with Gasteiger partial charge in [-0.25, -0.2) is 0 Å². The van der Waals surface area contributed by atoms with Gasteiger partial charge in [-0.05, 0) is 34.5 Å². The van der Waals surface area contributed by atoms with Crippen LogP contribution in [0.15, 0.2) is 0 Å². The second-order valence-corrected chi connectivity index (χ2v) is 8.50. The molecule has 0 aromatic heterocycles. The van der Waals surface area contributed by atoms with E-state index in [1.165, 1.54) is 25.7 Å². The fourth-order valence-corrected chi connectivity index (χ4v) is 5.41. The van der Waals surface area contributed by atoms with Gasteiger partial charge in [0.15, 0.2) is 0 Å². The predicted molar refractivity (Wildman–Crippen MR) is 73.6 cm³/mol. The maximum Gasteiger partial charge on any atom is -0.0149 e. The Morgan fingerprint density at radius 2 is 1.06 bits per heavy atom. The normalized spacial score (nSPS) is 25.5. The van der Waals surface area contributed by atoms with Crippen LogP contribution in [0.3, 0.4) is 0 Å². The molecule has 0 aromatic rings. The van der Waals surface area contributed by atoms with Crippen molar-refractivity contribution in [3.05, 3.63) is 0 Å². The Kier molecular flexibility index (Phi) is 3.30. The monoisotopic (exact) mass is 224 g/mol. The van der Waals surface area contributed by atoms with Crippen molar-refractivity contribution < 1.29 is 0 Å². The molecule has 1 aliphatic rings. The van der Waals surface area contributed by atoms with E-state index in [0.717, 1.165) is 0 Å². The summed E-state index contributed by atoms with van der Waals surface area (Å²) in [7, 11) is 0. The van der Waals surface area contributed by atoms with E-state index in [1.807, 2.05) is 0 Å². The van der Waals surface area contributed by atoms with E-state index in [4.69, 9.17) is 0 Å². The van der Waals surface area contributed by atoms with Crippen LogP contribution >= 0.6 is 0 Å². The molecule has 0 atom stereocenters. The smallest absolute Gasteiger partial charge is 0.0149 e. The van der Waals surface area contributed by atoms with Crippen molar-refractivity contribution in [3.8, 4) is 0 Å². The highest BCUT2D eigenvalue weighted by Gasteiger charge is 2.59. The molecule has 1 aliphatic carbocycles. The lowest BCUT2D eigenvalue weighted by molar-refractivity contribution is -0.155. The van der Waals surface area contributed by atoms with E-state index in [-0.39, 0.29) is 0 Å². The van der Waals surface area contributed by atoms with Crippen LogP contribution < -0.4 is 0 Å². The highest BCUT2D eigenvalue weighted by molar-refractivity contribution is 5.08. The molecule has 96 valence electrons. The van der Waals surface area contributed by atoms with Crippen molar-refractivity contribution in [2.45, 2.75) is 81.1 Å². The average Bonchev–Trinajstić information content (AvgIpc) is 1.97. The van der Waals surface area contributed by atoms with Crippen LogP contribution in [0.5, 0.6) is 0 Å². The number of rotatable bonds is 0. The highest BCUT2D eigenvalue weighted by Crippen LogP contribution is 2.67. The summed E-state index contributed by atoms with van der Waals surface area (Å²) in [5.74, 6) is 0. The zero-order valence-electron chi connectivity index (χ0n) is 12.8. The van der Waals surface area contributed by atoms with E-state index in [0.29, 0.717) is 21.7 Å². The van der Waals surface area contributed by atoms with Crippen molar-refractivity contribution in [2.75, 3.05) is 0 Å². The molecule has 0 N–H and O–H groups in total. The summed E-state index contributed by atoms with van der Waals surface area (Å²) in [5.41, 5.74) is 1.68. The standard InChI is InChI=1S/C16H32/c1-13(2,3)16(14(4,5)6)12-10-9-11-15(16,7)8/h9-12H2,1-8H3. The fraction of sp³-hybridized carbons (Fsp3) is 1.00. The molecule has 1 fully saturated rings. The maximum atomic E-state index is 2.50. The summed E-state index contributed by atoms with van der Waals surface area (Å²) >= 11 is 0. The molecular weight excluding hydrogens is 192 g/mol. The molecule has 1 saturated carbocycles. The third kappa shape index (κ3) is 1.83. The van der Waals surface area contributed by atoms with E-state index in [2.05, 4.69) is 55.4 Å². The van der Waals surface area contributed by atoms with Crippen molar-refractivity contribution in [1.29, 1.82) is 0 Å². The lowest BCUT2D eigenvalue weighted by atomic mass is 9.40. The van der Waals surface area contributed by atoms with Crippen LogP contribution in [0.1, 0.15) is 81.1 Å². The second kappa shape index (κ2) is 3.75. The molecular formula is C16H32. The summed E-state index contributed by atoms with van der Waals surface area (Å²) in [5, 5.41) is 0. The SMILES string of the molecule is CC(C)(C)C1(C(C)(C)C)CCCCC1(C)C. The van der Waals surface area contributed by atoms with Gasteiger partial charge < -0.3 is 0 Å². The zero-order chi connectivity index (χ0) is 12.8. The topological polar surface area (TPSA) is 0 Å². The average molecular weight is 224 g/mol. The van der Waals surface area contributed by atoms with Crippen LogP contribution in [-0.4, -0.2) is 0 Å². The minimum absolute atomic E-state index is 0.384. The van der Waals surface area contributed by atoms with Crippen LogP contribution in [0, 0.1) is 21.7 Å². The molecule has 0 aliphatic heterocycles. The zero-order valence-corrected chi connectivity index (χ0v) is 12.8. The van der Waals surface area contributed by atoms with Gasteiger partial charge in [0.1, 0.15) is 0 Å². The fourth-order valence-electron chi connectivity index (χ4n) is 5.41. The Bertz CT molecular complexity index is 230. The van der Waals surface area contributed by atoms with Crippen LogP contribution in [0.25, 0.3) is 0 Å². The first-order chi connectivity index (χ1) is 6.96. The quantitative estimate of drug-likeness (QED) is 0.497. The molecule has 0 unspecified atom stereocenters. The van der Waals surface area contributed by atoms with Gasteiger partial charge in [-0.15, -0.1) is 0 Å². The highest BCUT2D eigenvalue weighted by atomic mass is 14.6. The molecule has 0 radical (unpaired) electrons. The summed E-state index contributed by atoms with van der Waals surface area (Å²) in [6.07, 6.45) is 5.62. The molecule has 0 aromatic carbocycles. The van der Waals surface area contributed by atoms with Gasteiger partial charge in [-0.2, -0.15) is 0 Å². The summed E-state index contributed by atoms with van der Waals surface area (Å²) in [6.45, 7) is 19.7. The lowest BCUT2D eigenvalue weighted by Crippen LogP contribution is -2.57. The maximum absolute atomic E-state index is 2.50. The Balaban J connectivity index is 3.34. The Morgan fingerprint density at radius 1 is 0.688 bits per heavy atom. The molecule has 0 nitrogen and oxygen atoms in total. The van der Waals surface area contributed by atoms with Crippen molar-refractivity contribution >= 4 is 0 Å². The minimum atomic E-state index is 0.384. The second-order valence-electron chi connectivity index (χ2n) is 8.50. The van der Waals surface area contributed by atoms with Gasteiger partial charge in [0, 0.05) is 0 Å². The Morgan fingerprint density at radius 3 is 1.31 bits per heavy atom. The minimum Gasteiger partial charge on any atom is -0.0596 e. The summed E-state index contributed by atoms with van der Waals surface area (Å²) < 4.78 is 0. The predicted octanol–water partition coefficient (Wildman–Crippen LogP) is 5.67. The number of hydrogen-bond acceptors (Lipinski definition) is 0. The molecule has 0 heteroatoms. The Hall–Kier alpha value is 0.